The number of aromatic nitrogens is 1. The highest BCUT2D eigenvalue weighted by Gasteiger charge is 2.25. The van der Waals surface area contributed by atoms with Gasteiger partial charge in [0.2, 0.25) is 0 Å². The lowest BCUT2D eigenvalue weighted by molar-refractivity contribution is 0.0502. The number of nitrogens with one attached hydrogen (secondary N) is 1. The topological polar surface area (TPSA) is 51.2 Å². The molecule has 0 fully saturated rings. The molecule has 0 unspecified atom stereocenters. The number of ether oxygens (including phenoxy) is 1. The van der Waals surface area contributed by atoms with Crippen LogP contribution in [0.2, 0.25) is 0 Å². The van der Waals surface area contributed by atoms with E-state index in [1.54, 1.807) is 11.3 Å². The first-order valence-electron chi connectivity index (χ1n) is 6.37. The average Bonchev–Trinajstić information content (AvgIpc) is 2.61. The molecule has 1 heterocycles. The van der Waals surface area contributed by atoms with Crippen LogP contribution >= 0.6 is 11.3 Å². The molecule has 0 aromatic carbocycles. The Bertz CT molecular complexity index is 423. The average molecular weight is 268 g/mol. The normalized spacial score (nSPS) is 19.8. The fraction of sp³-hybridized carbons (Fsp3) is 0.692. The number of hydrogen-bond donors (Lipinski definition) is 1. The molecule has 0 saturated heterocycles. The van der Waals surface area contributed by atoms with Crippen molar-refractivity contribution in [3.05, 3.63) is 16.1 Å². The molecule has 5 heteroatoms. The van der Waals surface area contributed by atoms with Crippen molar-refractivity contribution in [2.75, 3.05) is 0 Å². The lowest BCUT2D eigenvalue weighted by atomic mass is 10.1. The minimum absolute atomic E-state index is 0.0600. The van der Waals surface area contributed by atoms with Crippen LogP contribution in [-0.4, -0.2) is 16.7 Å². The van der Waals surface area contributed by atoms with Gasteiger partial charge in [0.1, 0.15) is 5.60 Å². The van der Waals surface area contributed by atoms with Crippen molar-refractivity contribution < 1.29 is 9.53 Å². The summed E-state index contributed by atoms with van der Waals surface area (Å²) < 4.78 is 5.31. The molecule has 1 amide bonds. The van der Waals surface area contributed by atoms with Crippen LogP contribution in [0.5, 0.6) is 0 Å². The first-order chi connectivity index (χ1) is 8.46. The van der Waals surface area contributed by atoms with Crippen molar-refractivity contribution in [3.63, 3.8) is 0 Å². The standard InChI is InChI=1S/C13H20N2O2S/c1-13(2,3)17-12(16)15-10-7-5-4-6-9-11(10)18-8-14-9/h8,10H,4-7H2,1-3H3,(H,15,16)/t10-/m0/s1. The second kappa shape index (κ2) is 5.26. The maximum atomic E-state index is 11.8. The van der Waals surface area contributed by atoms with E-state index in [2.05, 4.69) is 10.3 Å². The highest BCUT2D eigenvalue weighted by molar-refractivity contribution is 7.09. The van der Waals surface area contributed by atoms with Gasteiger partial charge < -0.3 is 10.1 Å². The van der Waals surface area contributed by atoms with Gasteiger partial charge in [0.05, 0.1) is 22.1 Å². The first-order valence-corrected chi connectivity index (χ1v) is 7.25. The summed E-state index contributed by atoms with van der Waals surface area (Å²) in [5.41, 5.74) is 2.55. The van der Waals surface area contributed by atoms with E-state index in [0.717, 1.165) is 31.4 Å². The number of alkyl carbamates (subject to hydrolysis) is 1. The van der Waals surface area contributed by atoms with Crippen LogP contribution in [0.1, 0.15) is 56.6 Å². The van der Waals surface area contributed by atoms with E-state index in [-0.39, 0.29) is 12.1 Å². The molecule has 2 rings (SSSR count). The molecule has 1 aromatic heterocycles. The third kappa shape index (κ3) is 3.45. The molecule has 0 radical (unpaired) electrons. The Kier molecular flexibility index (Phi) is 3.90. The Hall–Kier alpha value is -1.10. The van der Waals surface area contributed by atoms with Crippen molar-refractivity contribution >= 4 is 17.4 Å². The van der Waals surface area contributed by atoms with Crippen LogP contribution in [0.3, 0.4) is 0 Å². The van der Waals surface area contributed by atoms with Crippen molar-refractivity contribution in [2.45, 2.75) is 58.1 Å². The zero-order chi connectivity index (χ0) is 13.2. The van der Waals surface area contributed by atoms with E-state index in [4.69, 9.17) is 4.74 Å². The highest BCUT2D eigenvalue weighted by atomic mass is 32.1. The van der Waals surface area contributed by atoms with Gasteiger partial charge in [-0.3, -0.25) is 0 Å². The van der Waals surface area contributed by atoms with Gasteiger partial charge in [-0.25, -0.2) is 9.78 Å². The van der Waals surface area contributed by atoms with Crippen molar-refractivity contribution in [1.29, 1.82) is 0 Å². The fourth-order valence-electron chi connectivity index (χ4n) is 2.11. The summed E-state index contributed by atoms with van der Waals surface area (Å²) in [4.78, 5) is 17.4. The Morgan fingerprint density at radius 2 is 2.28 bits per heavy atom. The summed E-state index contributed by atoms with van der Waals surface area (Å²) in [7, 11) is 0. The summed E-state index contributed by atoms with van der Waals surface area (Å²) in [6.07, 6.45) is 3.90. The highest BCUT2D eigenvalue weighted by Crippen LogP contribution is 2.31. The Morgan fingerprint density at radius 3 is 3.00 bits per heavy atom. The van der Waals surface area contributed by atoms with Gasteiger partial charge in [-0.1, -0.05) is 6.42 Å². The van der Waals surface area contributed by atoms with Crippen LogP contribution in [-0.2, 0) is 11.2 Å². The maximum Gasteiger partial charge on any atom is 0.408 e. The molecule has 18 heavy (non-hydrogen) atoms. The lowest BCUT2D eigenvalue weighted by Gasteiger charge is -2.22. The summed E-state index contributed by atoms with van der Waals surface area (Å²) in [5, 5.41) is 2.97. The van der Waals surface area contributed by atoms with Crippen LogP contribution in [0.15, 0.2) is 5.51 Å². The van der Waals surface area contributed by atoms with Gasteiger partial charge in [-0.15, -0.1) is 11.3 Å². The summed E-state index contributed by atoms with van der Waals surface area (Å²) in [6.45, 7) is 5.62. The zero-order valence-corrected chi connectivity index (χ0v) is 12.0. The number of aryl methyl sites for hydroxylation is 1. The fourth-order valence-corrected chi connectivity index (χ4v) is 3.03. The summed E-state index contributed by atoms with van der Waals surface area (Å²) in [6, 6.07) is 0.0600. The number of rotatable bonds is 1. The van der Waals surface area contributed by atoms with E-state index in [1.807, 2.05) is 26.3 Å². The number of thiazole rings is 1. The summed E-state index contributed by atoms with van der Waals surface area (Å²) >= 11 is 1.63. The monoisotopic (exact) mass is 268 g/mol. The van der Waals surface area contributed by atoms with Crippen LogP contribution in [0.4, 0.5) is 4.79 Å². The number of fused-ring (bicyclic) bond motifs is 1. The van der Waals surface area contributed by atoms with Crippen LogP contribution in [0.25, 0.3) is 0 Å². The molecule has 1 aliphatic rings. The predicted molar refractivity (Wildman–Crippen MR) is 71.8 cm³/mol. The largest absolute Gasteiger partial charge is 0.444 e. The van der Waals surface area contributed by atoms with Gasteiger partial charge in [-0.2, -0.15) is 0 Å². The Balaban J connectivity index is 2.04. The Labute approximate surface area is 112 Å². The number of carbonyl (C=O) groups excluding carboxylic acids is 1. The van der Waals surface area contributed by atoms with Gasteiger partial charge in [0, 0.05) is 0 Å². The predicted octanol–water partition coefficient (Wildman–Crippen LogP) is 3.44. The number of carbonyl (C=O) groups is 1. The molecular weight excluding hydrogens is 248 g/mol. The minimum atomic E-state index is -0.453. The smallest absolute Gasteiger partial charge is 0.408 e. The molecule has 0 saturated carbocycles. The quantitative estimate of drug-likeness (QED) is 0.794. The van der Waals surface area contributed by atoms with E-state index < -0.39 is 5.60 Å². The summed E-state index contributed by atoms with van der Waals surface area (Å²) in [5.74, 6) is 0. The van der Waals surface area contributed by atoms with E-state index in [9.17, 15) is 4.79 Å². The molecule has 1 aromatic rings. The number of amides is 1. The van der Waals surface area contributed by atoms with E-state index >= 15 is 0 Å². The van der Waals surface area contributed by atoms with Gasteiger partial charge in [0.15, 0.2) is 0 Å². The maximum absolute atomic E-state index is 11.8. The number of nitrogens with zero attached hydrogens (tertiary/aromatic N) is 1. The third-order valence-corrected chi connectivity index (χ3v) is 3.82. The zero-order valence-electron chi connectivity index (χ0n) is 11.2. The second-order valence-corrected chi connectivity index (χ2v) is 6.49. The van der Waals surface area contributed by atoms with Crippen LogP contribution in [0, 0.1) is 0 Å². The molecule has 0 aliphatic heterocycles. The van der Waals surface area contributed by atoms with E-state index in [1.165, 1.54) is 4.88 Å². The molecule has 4 nitrogen and oxygen atoms in total. The molecular formula is C13H20N2O2S. The number of hydrogen-bond acceptors (Lipinski definition) is 4. The molecule has 1 N–H and O–H groups in total. The van der Waals surface area contributed by atoms with Gasteiger partial charge in [0.25, 0.3) is 0 Å². The minimum Gasteiger partial charge on any atom is -0.444 e. The molecule has 1 aliphatic carbocycles. The first kappa shape index (κ1) is 13.3. The SMILES string of the molecule is CC(C)(C)OC(=O)N[C@H]1CCCCc2ncsc21. The van der Waals surface area contributed by atoms with Crippen molar-refractivity contribution in [3.8, 4) is 0 Å². The lowest BCUT2D eigenvalue weighted by Crippen LogP contribution is -2.34. The van der Waals surface area contributed by atoms with Gasteiger partial charge >= 0.3 is 6.09 Å². The molecule has 1 atom stereocenters. The molecule has 0 bridgehead atoms. The van der Waals surface area contributed by atoms with E-state index in [0.29, 0.717) is 0 Å². The molecule has 0 spiro atoms. The van der Waals surface area contributed by atoms with Crippen molar-refractivity contribution in [1.82, 2.24) is 10.3 Å². The Morgan fingerprint density at radius 1 is 1.50 bits per heavy atom. The van der Waals surface area contributed by atoms with Crippen molar-refractivity contribution in [2.24, 2.45) is 0 Å². The second-order valence-electron chi connectivity index (χ2n) is 5.61. The van der Waals surface area contributed by atoms with Crippen LogP contribution < -0.4 is 5.32 Å². The third-order valence-electron chi connectivity index (χ3n) is 2.84. The van der Waals surface area contributed by atoms with Gasteiger partial charge in [-0.05, 0) is 40.0 Å². The molecule has 100 valence electrons.